The molecule has 2 saturated carbocycles. The van der Waals surface area contributed by atoms with Crippen molar-refractivity contribution in [3.63, 3.8) is 0 Å². The quantitative estimate of drug-likeness (QED) is 0.291. The van der Waals surface area contributed by atoms with Crippen molar-refractivity contribution in [2.45, 2.75) is 101 Å². The van der Waals surface area contributed by atoms with Gasteiger partial charge in [0.2, 0.25) is 0 Å². The normalized spacial score (nSPS) is 19.5. The molecule has 2 aromatic carbocycles. The molecule has 7 heteroatoms. The Bertz CT molecular complexity index is 984. The molecule has 4 rings (SSSR count). The van der Waals surface area contributed by atoms with Crippen LogP contribution in [-0.2, 0) is 23.7 Å². The summed E-state index contributed by atoms with van der Waals surface area (Å²) in [5.74, 6) is 0. The van der Waals surface area contributed by atoms with E-state index in [0.717, 1.165) is 13.0 Å². The first-order valence-electron chi connectivity index (χ1n) is 12.9. The SMILES string of the molecule is CC(C)N(CCc1ccccc1)C(C)CCc1c(C2(C(F)(F)F)CC2)cccc1C1(C(F)(F)F)CC1. The van der Waals surface area contributed by atoms with E-state index in [4.69, 9.17) is 0 Å². The van der Waals surface area contributed by atoms with E-state index in [2.05, 4.69) is 30.9 Å². The van der Waals surface area contributed by atoms with E-state index in [1.54, 1.807) is 0 Å². The molecular formula is C29H35F6N. The van der Waals surface area contributed by atoms with Crippen molar-refractivity contribution in [3.8, 4) is 0 Å². The Morgan fingerprint density at radius 3 is 1.64 bits per heavy atom. The molecule has 1 nitrogen and oxygen atoms in total. The Balaban J connectivity index is 1.61. The molecule has 0 radical (unpaired) electrons. The fourth-order valence-corrected chi connectivity index (χ4v) is 5.82. The van der Waals surface area contributed by atoms with Gasteiger partial charge in [0, 0.05) is 18.6 Å². The third-order valence-corrected chi connectivity index (χ3v) is 8.34. The van der Waals surface area contributed by atoms with Crippen LogP contribution in [0.25, 0.3) is 0 Å². The smallest absolute Gasteiger partial charge is 0.298 e. The number of halogens is 6. The molecule has 1 unspecified atom stereocenters. The number of nitrogens with zero attached hydrogens (tertiary/aromatic N) is 1. The summed E-state index contributed by atoms with van der Waals surface area (Å²) in [6.07, 6.45) is -7.64. The molecule has 0 saturated heterocycles. The second-order valence-corrected chi connectivity index (χ2v) is 10.9. The van der Waals surface area contributed by atoms with Gasteiger partial charge in [-0.05, 0) is 88.0 Å². The molecule has 0 spiro atoms. The first-order valence-corrected chi connectivity index (χ1v) is 12.9. The van der Waals surface area contributed by atoms with Gasteiger partial charge in [0.25, 0.3) is 0 Å². The van der Waals surface area contributed by atoms with Gasteiger partial charge < -0.3 is 0 Å². The van der Waals surface area contributed by atoms with Crippen LogP contribution < -0.4 is 0 Å². The lowest BCUT2D eigenvalue weighted by Gasteiger charge is -2.34. The Kier molecular flexibility index (Phi) is 7.28. The summed E-state index contributed by atoms with van der Waals surface area (Å²) in [6, 6.07) is 14.5. The molecule has 0 bridgehead atoms. The zero-order valence-electron chi connectivity index (χ0n) is 21.1. The Morgan fingerprint density at radius 2 is 1.22 bits per heavy atom. The van der Waals surface area contributed by atoms with Crippen molar-refractivity contribution < 1.29 is 26.3 Å². The van der Waals surface area contributed by atoms with Crippen LogP contribution in [0.4, 0.5) is 26.3 Å². The molecule has 36 heavy (non-hydrogen) atoms. The standard InChI is InChI=1S/C29H35F6N/c1-20(2)36(19-14-22-8-5-4-6-9-22)21(3)12-13-23-24(26(15-16-26)28(30,31)32)10-7-11-25(23)27(17-18-27)29(33,34)35/h4-11,20-21H,12-19H2,1-3H3. The second kappa shape index (κ2) is 9.70. The van der Waals surface area contributed by atoms with Crippen LogP contribution in [0.5, 0.6) is 0 Å². The maximum atomic E-state index is 14.1. The van der Waals surface area contributed by atoms with E-state index in [-0.39, 0.29) is 60.9 Å². The predicted molar refractivity (Wildman–Crippen MR) is 130 cm³/mol. The van der Waals surface area contributed by atoms with Crippen LogP contribution >= 0.6 is 0 Å². The Labute approximate surface area is 209 Å². The molecular weight excluding hydrogens is 476 g/mol. The van der Waals surface area contributed by atoms with Crippen molar-refractivity contribution in [2.24, 2.45) is 0 Å². The molecule has 0 aromatic heterocycles. The Morgan fingerprint density at radius 1 is 0.722 bits per heavy atom. The van der Waals surface area contributed by atoms with Gasteiger partial charge in [-0.15, -0.1) is 0 Å². The average Bonchev–Trinajstić information content (AvgIpc) is 3.70. The lowest BCUT2D eigenvalue weighted by molar-refractivity contribution is -0.161. The van der Waals surface area contributed by atoms with Gasteiger partial charge in [-0.2, -0.15) is 26.3 Å². The summed E-state index contributed by atoms with van der Waals surface area (Å²) in [6.45, 7) is 6.95. The molecule has 0 N–H and O–H groups in total. The maximum absolute atomic E-state index is 14.1. The van der Waals surface area contributed by atoms with Crippen molar-refractivity contribution >= 4 is 0 Å². The fourth-order valence-electron chi connectivity index (χ4n) is 5.82. The van der Waals surface area contributed by atoms with Crippen LogP contribution in [0.2, 0.25) is 0 Å². The molecule has 2 aliphatic carbocycles. The summed E-state index contributed by atoms with van der Waals surface area (Å²) in [5.41, 5.74) is -2.40. The van der Waals surface area contributed by atoms with Crippen LogP contribution in [0.3, 0.4) is 0 Å². The van der Waals surface area contributed by atoms with Gasteiger partial charge in [-0.25, -0.2) is 0 Å². The molecule has 1 atom stereocenters. The number of rotatable bonds is 10. The zero-order valence-corrected chi connectivity index (χ0v) is 21.1. The summed E-state index contributed by atoms with van der Waals surface area (Å²) in [7, 11) is 0. The number of hydrogen-bond acceptors (Lipinski definition) is 1. The highest BCUT2D eigenvalue weighted by molar-refractivity contribution is 5.50. The summed E-state index contributed by atoms with van der Waals surface area (Å²) >= 11 is 0. The minimum Gasteiger partial charge on any atom is -0.298 e. The minimum absolute atomic E-state index is 0.0108. The number of hydrogen-bond donors (Lipinski definition) is 0. The van der Waals surface area contributed by atoms with Gasteiger partial charge in [-0.3, -0.25) is 4.90 Å². The van der Waals surface area contributed by atoms with E-state index in [0.29, 0.717) is 6.42 Å². The second-order valence-electron chi connectivity index (χ2n) is 10.9. The van der Waals surface area contributed by atoms with E-state index >= 15 is 0 Å². The first-order chi connectivity index (χ1) is 16.8. The van der Waals surface area contributed by atoms with Crippen LogP contribution in [0.1, 0.15) is 75.1 Å². The van der Waals surface area contributed by atoms with Gasteiger partial charge in [0.1, 0.15) is 0 Å². The number of alkyl halides is 6. The average molecular weight is 512 g/mol. The zero-order chi connectivity index (χ0) is 26.4. The van der Waals surface area contributed by atoms with Crippen LogP contribution in [0.15, 0.2) is 48.5 Å². The van der Waals surface area contributed by atoms with Gasteiger partial charge in [-0.1, -0.05) is 48.5 Å². The van der Waals surface area contributed by atoms with E-state index in [9.17, 15) is 26.3 Å². The number of benzene rings is 2. The molecule has 2 aliphatic rings. The lowest BCUT2D eigenvalue weighted by atomic mass is 9.80. The Hall–Kier alpha value is -2.02. The van der Waals surface area contributed by atoms with Gasteiger partial charge in [0.15, 0.2) is 0 Å². The highest BCUT2D eigenvalue weighted by Gasteiger charge is 2.67. The van der Waals surface area contributed by atoms with Gasteiger partial charge >= 0.3 is 12.4 Å². The highest BCUT2D eigenvalue weighted by Crippen LogP contribution is 2.63. The van der Waals surface area contributed by atoms with Crippen molar-refractivity contribution in [3.05, 3.63) is 70.8 Å². The molecule has 2 aromatic rings. The maximum Gasteiger partial charge on any atom is 0.398 e. The highest BCUT2D eigenvalue weighted by atomic mass is 19.4. The van der Waals surface area contributed by atoms with Crippen molar-refractivity contribution in [1.29, 1.82) is 0 Å². The van der Waals surface area contributed by atoms with Crippen molar-refractivity contribution in [1.82, 2.24) is 4.90 Å². The molecule has 2 fully saturated rings. The minimum atomic E-state index is -4.47. The molecule has 0 aliphatic heterocycles. The topological polar surface area (TPSA) is 3.24 Å². The fraction of sp³-hybridized carbons (Fsp3) is 0.586. The predicted octanol–water partition coefficient (Wildman–Crippen LogP) is 8.15. The largest absolute Gasteiger partial charge is 0.398 e. The molecule has 198 valence electrons. The molecule has 0 heterocycles. The summed E-state index contributed by atoms with van der Waals surface area (Å²) in [4.78, 5) is 2.29. The third kappa shape index (κ3) is 5.05. The third-order valence-electron chi connectivity index (χ3n) is 8.34. The van der Waals surface area contributed by atoms with Gasteiger partial charge in [0.05, 0.1) is 10.8 Å². The van der Waals surface area contributed by atoms with E-state index in [1.165, 1.54) is 23.8 Å². The van der Waals surface area contributed by atoms with Crippen LogP contribution in [-0.4, -0.2) is 35.9 Å². The van der Waals surface area contributed by atoms with E-state index in [1.807, 2.05) is 25.1 Å². The van der Waals surface area contributed by atoms with Crippen LogP contribution in [0, 0.1) is 0 Å². The van der Waals surface area contributed by atoms with E-state index < -0.39 is 23.2 Å². The van der Waals surface area contributed by atoms with Crippen molar-refractivity contribution in [2.75, 3.05) is 6.54 Å². The summed E-state index contributed by atoms with van der Waals surface area (Å²) < 4.78 is 84.6. The lowest BCUT2D eigenvalue weighted by Crippen LogP contribution is -2.40. The summed E-state index contributed by atoms with van der Waals surface area (Å²) in [5, 5.41) is 0. The monoisotopic (exact) mass is 511 g/mol. The molecule has 0 amide bonds. The first kappa shape index (κ1) is 27.0.